The van der Waals surface area contributed by atoms with Crippen molar-refractivity contribution in [1.29, 1.82) is 0 Å². The Kier molecular flexibility index (Phi) is 2.34. The van der Waals surface area contributed by atoms with E-state index in [1.54, 1.807) is 0 Å². The summed E-state index contributed by atoms with van der Waals surface area (Å²) in [6.07, 6.45) is -0.189. The van der Waals surface area contributed by atoms with E-state index in [0.29, 0.717) is 0 Å². The fourth-order valence-electron chi connectivity index (χ4n) is 1.42. The van der Waals surface area contributed by atoms with Gasteiger partial charge in [0.05, 0.1) is 12.6 Å². The lowest BCUT2D eigenvalue weighted by molar-refractivity contribution is -0.145. The van der Waals surface area contributed by atoms with Crippen LogP contribution in [0, 0.1) is 0 Å². The molecular formula is C8H14FNO3. The summed E-state index contributed by atoms with van der Waals surface area (Å²) in [5.41, 5.74) is -4.01. The number of nitrogens with one attached hydrogen (secondary N) is 1. The van der Waals surface area contributed by atoms with Crippen LogP contribution in [0.1, 0.15) is 20.3 Å². The molecule has 1 fully saturated rings. The summed E-state index contributed by atoms with van der Waals surface area (Å²) in [5, 5.41) is 20.4. The Labute approximate surface area is 75.8 Å². The Hall–Kier alpha value is -0.680. The Morgan fingerprint density at radius 3 is 2.54 bits per heavy atom. The molecule has 0 saturated carbocycles. The minimum atomic E-state index is -2.29. The Balaban J connectivity index is 2.87. The van der Waals surface area contributed by atoms with Gasteiger partial charge in [0.25, 0.3) is 5.91 Å². The summed E-state index contributed by atoms with van der Waals surface area (Å²) in [4.78, 5) is 11.2. The van der Waals surface area contributed by atoms with Gasteiger partial charge in [-0.05, 0) is 13.8 Å². The zero-order valence-corrected chi connectivity index (χ0v) is 7.67. The van der Waals surface area contributed by atoms with Gasteiger partial charge in [-0.15, -0.1) is 0 Å². The summed E-state index contributed by atoms with van der Waals surface area (Å²) in [5.74, 6) is -0.848. The molecule has 0 radical (unpaired) electrons. The first-order valence-electron chi connectivity index (χ1n) is 4.14. The molecule has 1 rings (SSSR count). The zero-order valence-electron chi connectivity index (χ0n) is 7.67. The van der Waals surface area contributed by atoms with Crippen LogP contribution in [0.15, 0.2) is 0 Å². The first-order valence-corrected chi connectivity index (χ1v) is 4.14. The van der Waals surface area contributed by atoms with Gasteiger partial charge in [-0.25, -0.2) is 4.39 Å². The van der Waals surface area contributed by atoms with Crippen molar-refractivity contribution in [2.75, 3.05) is 6.61 Å². The van der Waals surface area contributed by atoms with Crippen molar-refractivity contribution in [3.8, 4) is 0 Å². The molecule has 0 bridgehead atoms. The van der Waals surface area contributed by atoms with E-state index in [4.69, 9.17) is 5.11 Å². The van der Waals surface area contributed by atoms with E-state index in [1.165, 1.54) is 13.8 Å². The number of carbonyl (C=O) groups excluding carboxylic acids is 1. The fourth-order valence-corrected chi connectivity index (χ4v) is 1.42. The average Bonchev–Trinajstić information content (AvgIpc) is 2.28. The highest BCUT2D eigenvalue weighted by Crippen LogP contribution is 2.35. The number of aliphatic hydroxyl groups is 2. The molecule has 5 heteroatoms. The number of hydrogen-bond donors (Lipinski definition) is 3. The number of amides is 1. The summed E-state index contributed by atoms with van der Waals surface area (Å²) >= 11 is 0. The van der Waals surface area contributed by atoms with Gasteiger partial charge in [-0.1, -0.05) is 0 Å². The molecule has 0 aliphatic carbocycles. The van der Waals surface area contributed by atoms with Crippen LogP contribution in [-0.4, -0.2) is 40.0 Å². The van der Waals surface area contributed by atoms with Crippen LogP contribution in [0.2, 0.25) is 0 Å². The van der Waals surface area contributed by atoms with Crippen LogP contribution in [-0.2, 0) is 4.79 Å². The monoisotopic (exact) mass is 191 g/mol. The number of hydrogen-bond acceptors (Lipinski definition) is 3. The lowest BCUT2D eigenvalue weighted by Crippen LogP contribution is -2.51. The third-order valence-electron chi connectivity index (χ3n) is 2.41. The van der Waals surface area contributed by atoms with Crippen molar-refractivity contribution >= 4 is 5.91 Å². The van der Waals surface area contributed by atoms with E-state index in [-0.39, 0.29) is 13.0 Å². The first-order chi connectivity index (χ1) is 5.81. The Morgan fingerprint density at radius 2 is 2.31 bits per heavy atom. The number of aliphatic hydroxyl groups excluding tert-OH is 1. The maximum absolute atomic E-state index is 13.9. The van der Waals surface area contributed by atoms with Crippen LogP contribution >= 0.6 is 0 Å². The van der Waals surface area contributed by atoms with Gasteiger partial charge >= 0.3 is 0 Å². The molecule has 1 aliphatic rings. The van der Waals surface area contributed by atoms with Crippen molar-refractivity contribution in [3.63, 3.8) is 0 Å². The first kappa shape index (κ1) is 10.4. The van der Waals surface area contributed by atoms with Gasteiger partial charge in [0.15, 0.2) is 0 Å². The van der Waals surface area contributed by atoms with Crippen LogP contribution in [0.25, 0.3) is 0 Å². The molecule has 13 heavy (non-hydrogen) atoms. The smallest absolute Gasteiger partial charge is 0.261 e. The maximum atomic E-state index is 13.9. The predicted octanol–water partition coefficient (Wildman–Crippen LogP) is -0.654. The van der Waals surface area contributed by atoms with E-state index in [9.17, 15) is 14.3 Å². The molecule has 0 spiro atoms. The van der Waals surface area contributed by atoms with Crippen molar-refractivity contribution in [1.82, 2.24) is 5.32 Å². The molecule has 1 saturated heterocycles. The maximum Gasteiger partial charge on any atom is 0.261 e. The van der Waals surface area contributed by atoms with Gasteiger partial charge in [0, 0.05) is 6.42 Å². The number of halogens is 1. The van der Waals surface area contributed by atoms with E-state index < -0.39 is 23.2 Å². The van der Waals surface area contributed by atoms with E-state index in [2.05, 4.69) is 5.32 Å². The van der Waals surface area contributed by atoms with Gasteiger partial charge < -0.3 is 15.5 Å². The fraction of sp³-hybridized carbons (Fsp3) is 0.875. The van der Waals surface area contributed by atoms with Gasteiger partial charge in [0.2, 0.25) is 5.67 Å². The quantitative estimate of drug-likeness (QED) is 0.543. The molecular weight excluding hydrogens is 177 g/mol. The lowest BCUT2D eigenvalue weighted by atomic mass is 9.85. The molecule has 1 heterocycles. The lowest BCUT2D eigenvalue weighted by Gasteiger charge is -2.29. The molecule has 2 unspecified atom stereocenters. The van der Waals surface area contributed by atoms with Crippen LogP contribution in [0.5, 0.6) is 0 Å². The second kappa shape index (κ2) is 2.92. The van der Waals surface area contributed by atoms with Gasteiger partial charge in [-0.2, -0.15) is 0 Å². The third kappa shape index (κ3) is 1.53. The molecule has 0 aromatic rings. The highest BCUT2D eigenvalue weighted by atomic mass is 19.1. The van der Waals surface area contributed by atoms with Crippen LogP contribution in [0.4, 0.5) is 4.39 Å². The molecule has 1 amide bonds. The standard InChI is InChI=1S/C8H14FNO3/c1-7(2,13)8(9)3-5(4-11)10-6(8)12/h5,11,13H,3-4H2,1-2H3,(H,10,12). The second-order valence-electron chi connectivity index (χ2n) is 3.92. The largest absolute Gasteiger partial charge is 0.394 e. The second-order valence-corrected chi connectivity index (χ2v) is 3.92. The summed E-state index contributed by atoms with van der Waals surface area (Å²) < 4.78 is 13.9. The zero-order chi connectivity index (χ0) is 10.3. The molecule has 0 aromatic carbocycles. The average molecular weight is 191 g/mol. The molecule has 76 valence electrons. The molecule has 0 aromatic heterocycles. The van der Waals surface area contributed by atoms with E-state index >= 15 is 0 Å². The minimum Gasteiger partial charge on any atom is -0.394 e. The minimum absolute atomic E-state index is 0.189. The Morgan fingerprint density at radius 1 is 1.77 bits per heavy atom. The van der Waals surface area contributed by atoms with Crippen LogP contribution < -0.4 is 5.32 Å². The summed E-state index contributed by atoms with van der Waals surface area (Å²) in [6, 6.07) is -0.594. The SMILES string of the molecule is CC(C)(O)C1(F)CC(CO)NC1=O. The predicted molar refractivity (Wildman–Crippen MR) is 43.8 cm³/mol. The highest BCUT2D eigenvalue weighted by Gasteiger charge is 2.56. The molecule has 3 N–H and O–H groups in total. The summed E-state index contributed by atoms with van der Waals surface area (Å²) in [7, 11) is 0. The number of alkyl halides is 1. The van der Waals surface area contributed by atoms with Crippen molar-refractivity contribution in [3.05, 3.63) is 0 Å². The van der Waals surface area contributed by atoms with Gasteiger partial charge in [0.1, 0.15) is 5.60 Å². The third-order valence-corrected chi connectivity index (χ3v) is 2.41. The topological polar surface area (TPSA) is 69.6 Å². The normalized spacial score (nSPS) is 34.8. The van der Waals surface area contributed by atoms with Crippen molar-refractivity contribution in [2.24, 2.45) is 0 Å². The van der Waals surface area contributed by atoms with Crippen molar-refractivity contribution < 1.29 is 19.4 Å². The van der Waals surface area contributed by atoms with Crippen molar-refractivity contribution in [2.45, 2.75) is 37.6 Å². The van der Waals surface area contributed by atoms with E-state index in [0.717, 1.165) is 0 Å². The molecule has 4 nitrogen and oxygen atoms in total. The highest BCUT2D eigenvalue weighted by molar-refractivity contribution is 5.89. The summed E-state index contributed by atoms with van der Waals surface area (Å²) in [6.45, 7) is 2.17. The Bertz CT molecular complexity index is 226. The number of carbonyl (C=O) groups is 1. The van der Waals surface area contributed by atoms with Crippen LogP contribution in [0.3, 0.4) is 0 Å². The van der Waals surface area contributed by atoms with E-state index in [1.807, 2.05) is 0 Å². The number of rotatable bonds is 2. The molecule has 2 atom stereocenters. The molecule has 1 aliphatic heterocycles. The van der Waals surface area contributed by atoms with Gasteiger partial charge in [-0.3, -0.25) is 4.79 Å².